The highest BCUT2D eigenvalue weighted by Gasteiger charge is 2.29. The number of nitrogens with one attached hydrogen (secondary N) is 1. The average Bonchev–Trinajstić information content (AvgIpc) is 2.52. The number of carbonyl (C=O) groups excluding carboxylic acids is 1. The summed E-state index contributed by atoms with van der Waals surface area (Å²) in [6.45, 7) is 3.64. The molecule has 1 aromatic carbocycles. The summed E-state index contributed by atoms with van der Waals surface area (Å²) in [7, 11) is 0. The normalized spacial score (nSPS) is 12.6. The van der Waals surface area contributed by atoms with Crippen LogP contribution in [0.3, 0.4) is 0 Å². The number of hydrogen-bond acceptors (Lipinski definition) is 3. The number of rotatable bonds is 5. The van der Waals surface area contributed by atoms with Crippen molar-refractivity contribution in [3.63, 3.8) is 0 Å². The molecule has 0 bridgehead atoms. The predicted octanol–water partition coefficient (Wildman–Crippen LogP) is 4.44. The molecule has 1 atom stereocenters. The third-order valence-electron chi connectivity index (χ3n) is 3.66. The fourth-order valence-electron chi connectivity index (χ4n) is 2.48. The van der Waals surface area contributed by atoms with E-state index in [9.17, 15) is 18.0 Å². The first-order valence-electron chi connectivity index (χ1n) is 7.70. The lowest BCUT2D eigenvalue weighted by Crippen LogP contribution is -2.20. The quantitative estimate of drug-likeness (QED) is 0.865. The number of aromatic nitrogens is 1. The number of anilines is 1. The van der Waals surface area contributed by atoms with Gasteiger partial charge in [0.25, 0.3) is 0 Å². The average molecular weight is 352 g/mol. The van der Waals surface area contributed by atoms with E-state index in [1.54, 1.807) is 19.1 Å². The fraction of sp³-hybridized carbons (Fsp3) is 0.333. The second-order valence-corrected chi connectivity index (χ2v) is 5.78. The highest BCUT2D eigenvalue weighted by molar-refractivity contribution is 5.89. The Morgan fingerprint density at radius 1 is 1.32 bits per heavy atom. The molecule has 1 amide bonds. The molecule has 0 aliphatic heterocycles. The lowest BCUT2D eigenvalue weighted by atomic mass is 9.92. The molecule has 0 fully saturated rings. The third kappa shape index (κ3) is 5.20. The van der Waals surface area contributed by atoms with Crippen molar-refractivity contribution < 1.29 is 22.7 Å². The van der Waals surface area contributed by atoms with Crippen LogP contribution in [0.15, 0.2) is 36.5 Å². The van der Waals surface area contributed by atoms with Crippen LogP contribution < -0.4 is 10.1 Å². The second kappa shape index (κ2) is 7.55. The molecule has 2 rings (SSSR count). The Bertz CT molecular complexity index is 760. The van der Waals surface area contributed by atoms with E-state index in [1.165, 1.54) is 13.1 Å². The number of benzene rings is 1. The van der Waals surface area contributed by atoms with Gasteiger partial charge in [-0.3, -0.25) is 4.79 Å². The van der Waals surface area contributed by atoms with Crippen molar-refractivity contribution in [2.75, 3.05) is 11.9 Å². The van der Waals surface area contributed by atoms with Crippen LogP contribution in [0, 0.1) is 6.92 Å². The molecule has 1 heterocycles. The molecule has 1 aromatic heterocycles. The van der Waals surface area contributed by atoms with Gasteiger partial charge in [-0.1, -0.05) is 25.1 Å². The maximum absolute atomic E-state index is 12.3. The number of ether oxygens (including phenoxy) is 1. The van der Waals surface area contributed by atoms with E-state index in [0.29, 0.717) is 11.3 Å². The minimum absolute atomic E-state index is 0.0385. The topological polar surface area (TPSA) is 51.2 Å². The second-order valence-electron chi connectivity index (χ2n) is 5.78. The van der Waals surface area contributed by atoms with E-state index in [0.717, 1.165) is 11.1 Å². The van der Waals surface area contributed by atoms with Crippen molar-refractivity contribution in [1.82, 2.24) is 4.98 Å². The van der Waals surface area contributed by atoms with Gasteiger partial charge in [0.15, 0.2) is 6.61 Å². The maximum atomic E-state index is 12.3. The molecule has 0 saturated carbocycles. The molecule has 1 unspecified atom stereocenters. The first kappa shape index (κ1) is 18.8. The van der Waals surface area contributed by atoms with Crippen LogP contribution in [0.1, 0.15) is 36.5 Å². The number of alkyl halides is 3. The van der Waals surface area contributed by atoms with E-state index >= 15 is 0 Å². The predicted molar refractivity (Wildman–Crippen MR) is 88.8 cm³/mol. The minimum atomic E-state index is -4.41. The van der Waals surface area contributed by atoms with Crippen molar-refractivity contribution in [2.24, 2.45) is 0 Å². The summed E-state index contributed by atoms with van der Waals surface area (Å²) >= 11 is 0. The molecule has 0 aliphatic carbocycles. The van der Waals surface area contributed by atoms with Gasteiger partial charge in [-0.05, 0) is 30.2 Å². The van der Waals surface area contributed by atoms with Gasteiger partial charge < -0.3 is 10.1 Å². The standard InChI is InChI=1S/C18H19F3N2O2/c1-11-8-14(9-22-17(11)25-10-18(19,20)21)12(2)15-6-4-5-7-16(15)23-13(3)24/h4-9,12H,10H2,1-3H3,(H,23,24). The van der Waals surface area contributed by atoms with E-state index < -0.39 is 12.8 Å². The van der Waals surface area contributed by atoms with Crippen molar-refractivity contribution >= 4 is 11.6 Å². The van der Waals surface area contributed by atoms with Crippen molar-refractivity contribution in [2.45, 2.75) is 32.9 Å². The zero-order chi connectivity index (χ0) is 18.6. The highest BCUT2D eigenvalue weighted by Crippen LogP contribution is 2.31. The van der Waals surface area contributed by atoms with Crippen LogP contribution >= 0.6 is 0 Å². The van der Waals surface area contributed by atoms with E-state index in [-0.39, 0.29) is 17.7 Å². The number of halogens is 3. The molecule has 1 N–H and O–H groups in total. The Morgan fingerprint density at radius 2 is 2.00 bits per heavy atom. The van der Waals surface area contributed by atoms with Crippen molar-refractivity contribution in [3.05, 3.63) is 53.2 Å². The molecule has 0 aliphatic rings. The number of nitrogens with zero attached hydrogens (tertiary/aromatic N) is 1. The SMILES string of the molecule is CC(=O)Nc1ccccc1C(C)c1cnc(OCC(F)(F)F)c(C)c1. The smallest absolute Gasteiger partial charge is 0.422 e. The van der Waals surface area contributed by atoms with Gasteiger partial charge in [0, 0.05) is 30.3 Å². The van der Waals surface area contributed by atoms with E-state index in [4.69, 9.17) is 4.74 Å². The van der Waals surface area contributed by atoms with Gasteiger partial charge in [-0.2, -0.15) is 13.2 Å². The molecule has 25 heavy (non-hydrogen) atoms. The fourth-order valence-corrected chi connectivity index (χ4v) is 2.48. The third-order valence-corrected chi connectivity index (χ3v) is 3.66. The number of para-hydroxylation sites is 1. The molecule has 4 nitrogen and oxygen atoms in total. The highest BCUT2D eigenvalue weighted by atomic mass is 19.4. The molecule has 134 valence electrons. The zero-order valence-electron chi connectivity index (χ0n) is 14.1. The van der Waals surface area contributed by atoms with Crippen LogP contribution in [0.4, 0.5) is 18.9 Å². The molecule has 7 heteroatoms. The van der Waals surface area contributed by atoms with Gasteiger partial charge in [0.2, 0.25) is 11.8 Å². The van der Waals surface area contributed by atoms with Gasteiger partial charge >= 0.3 is 6.18 Å². The van der Waals surface area contributed by atoms with Gasteiger partial charge in [0.1, 0.15) is 0 Å². The zero-order valence-corrected chi connectivity index (χ0v) is 14.1. The van der Waals surface area contributed by atoms with E-state index in [1.807, 2.05) is 25.1 Å². The van der Waals surface area contributed by atoms with Crippen LogP contribution in [0.25, 0.3) is 0 Å². The molecular formula is C18H19F3N2O2. The van der Waals surface area contributed by atoms with Crippen LogP contribution in [0.5, 0.6) is 5.88 Å². The summed E-state index contributed by atoms with van der Waals surface area (Å²) in [4.78, 5) is 15.4. The number of pyridine rings is 1. The van der Waals surface area contributed by atoms with Crippen LogP contribution in [0.2, 0.25) is 0 Å². The van der Waals surface area contributed by atoms with Crippen LogP contribution in [-0.2, 0) is 4.79 Å². The molecule has 0 radical (unpaired) electrons. The summed E-state index contributed by atoms with van der Waals surface area (Å²) in [6.07, 6.45) is -2.91. The molecule has 0 saturated heterocycles. The lowest BCUT2D eigenvalue weighted by Gasteiger charge is -2.18. The maximum Gasteiger partial charge on any atom is 0.422 e. The Morgan fingerprint density at radius 3 is 2.60 bits per heavy atom. The van der Waals surface area contributed by atoms with Gasteiger partial charge in [0.05, 0.1) is 0 Å². The number of carbonyl (C=O) groups is 1. The monoisotopic (exact) mass is 352 g/mol. The Labute approximate surface area is 144 Å². The Kier molecular flexibility index (Phi) is 5.66. The van der Waals surface area contributed by atoms with Crippen molar-refractivity contribution in [1.29, 1.82) is 0 Å². The minimum Gasteiger partial charge on any atom is -0.468 e. The molecular weight excluding hydrogens is 333 g/mol. The summed E-state index contributed by atoms with van der Waals surface area (Å²) in [5.74, 6) is -0.320. The van der Waals surface area contributed by atoms with Crippen LogP contribution in [-0.4, -0.2) is 23.7 Å². The molecule has 2 aromatic rings. The largest absolute Gasteiger partial charge is 0.468 e. The summed E-state index contributed by atoms with van der Waals surface area (Å²) < 4.78 is 41.5. The summed E-state index contributed by atoms with van der Waals surface area (Å²) in [5, 5.41) is 2.78. The van der Waals surface area contributed by atoms with Gasteiger partial charge in [-0.15, -0.1) is 0 Å². The van der Waals surface area contributed by atoms with Gasteiger partial charge in [-0.25, -0.2) is 4.98 Å². The first-order valence-corrected chi connectivity index (χ1v) is 7.70. The summed E-state index contributed by atoms with van der Waals surface area (Å²) in [6, 6.07) is 9.11. The number of hydrogen-bond donors (Lipinski definition) is 1. The number of amides is 1. The molecule has 0 spiro atoms. The number of aryl methyl sites for hydroxylation is 1. The summed E-state index contributed by atoms with van der Waals surface area (Å²) in [5.41, 5.74) is 2.92. The Balaban J connectivity index is 2.25. The van der Waals surface area contributed by atoms with E-state index in [2.05, 4.69) is 10.3 Å². The lowest BCUT2D eigenvalue weighted by molar-refractivity contribution is -0.154. The Hall–Kier alpha value is -2.57. The first-order chi connectivity index (χ1) is 11.7. The van der Waals surface area contributed by atoms with Crippen molar-refractivity contribution in [3.8, 4) is 5.88 Å².